The number of aromatic nitrogens is 2. The Hall–Kier alpha value is -3.48. The summed E-state index contributed by atoms with van der Waals surface area (Å²) in [4.78, 5) is 23.1. The first-order valence-corrected chi connectivity index (χ1v) is 12.7. The predicted molar refractivity (Wildman–Crippen MR) is 136 cm³/mol. The lowest BCUT2D eigenvalue weighted by molar-refractivity contribution is -0.383. The Morgan fingerprint density at radius 1 is 0.857 bits per heavy atom. The zero-order valence-corrected chi connectivity index (χ0v) is 19.8. The minimum atomic E-state index is -0.304. The summed E-state index contributed by atoms with van der Waals surface area (Å²) in [6.07, 6.45) is 8.71. The molecular weight excluding hydrogens is 438 g/mol. The molecule has 180 valence electrons. The highest BCUT2D eigenvalue weighted by Gasteiger charge is 2.51. The number of benzene rings is 2. The SMILES string of the molecule is O=[N+]([O-])c1c(NC23CC4CC(CC(C4)C2)C3)ncnc1N(Cc1ccccc1)Cc1ccccc1. The second-order valence-electron chi connectivity index (χ2n) is 10.8. The zero-order valence-electron chi connectivity index (χ0n) is 19.8. The number of rotatable bonds is 8. The van der Waals surface area contributed by atoms with Crippen molar-refractivity contribution in [1.29, 1.82) is 0 Å². The van der Waals surface area contributed by atoms with Crippen LogP contribution in [0.15, 0.2) is 67.0 Å². The van der Waals surface area contributed by atoms with Gasteiger partial charge < -0.3 is 10.2 Å². The van der Waals surface area contributed by atoms with Crippen LogP contribution < -0.4 is 10.2 Å². The fourth-order valence-corrected chi connectivity index (χ4v) is 7.19. The van der Waals surface area contributed by atoms with E-state index in [9.17, 15) is 10.1 Å². The summed E-state index contributed by atoms with van der Waals surface area (Å²) in [5, 5.41) is 16.1. The molecule has 7 heteroatoms. The summed E-state index contributed by atoms with van der Waals surface area (Å²) in [6.45, 7) is 1.04. The molecule has 7 rings (SSSR count). The van der Waals surface area contributed by atoms with Gasteiger partial charge in [-0.1, -0.05) is 60.7 Å². The van der Waals surface area contributed by atoms with Gasteiger partial charge in [0.25, 0.3) is 0 Å². The van der Waals surface area contributed by atoms with Crippen molar-refractivity contribution in [3.05, 3.63) is 88.2 Å². The van der Waals surface area contributed by atoms with E-state index < -0.39 is 0 Å². The lowest BCUT2D eigenvalue weighted by Gasteiger charge is -2.57. The molecular formula is C28H31N5O2. The van der Waals surface area contributed by atoms with Crippen LogP contribution in [0.5, 0.6) is 0 Å². The fraction of sp³-hybridized carbons (Fsp3) is 0.429. The van der Waals surface area contributed by atoms with Gasteiger partial charge in [-0.05, 0) is 67.4 Å². The Balaban J connectivity index is 1.37. The molecule has 0 unspecified atom stereocenters. The lowest BCUT2D eigenvalue weighted by atomic mass is 9.53. The van der Waals surface area contributed by atoms with E-state index in [1.807, 2.05) is 65.6 Å². The largest absolute Gasteiger partial charge is 0.359 e. The van der Waals surface area contributed by atoms with Gasteiger partial charge in [0.15, 0.2) is 0 Å². The highest BCUT2D eigenvalue weighted by molar-refractivity contribution is 5.71. The first-order chi connectivity index (χ1) is 17.1. The van der Waals surface area contributed by atoms with Crippen molar-refractivity contribution in [3.63, 3.8) is 0 Å². The maximum absolute atomic E-state index is 12.5. The van der Waals surface area contributed by atoms with Gasteiger partial charge in [-0.2, -0.15) is 0 Å². The van der Waals surface area contributed by atoms with E-state index in [1.54, 1.807) is 0 Å². The number of hydrogen-bond donors (Lipinski definition) is 1. The van der Waals surface area contributed by atoms with Gasteiger partial charge in [-0.3, -0.25) is 10.1 Å². The Morgan fingerprint density at radius 2 is 1.37 bits per heavy atom. The molecule has 35 heavy (non-hydrogen) atoms. The molecule has 0 aliphatic heterocycles. The van der Waals surface area contributed by atoms with Gasteiger partial charge >= 0.3 is 5.69 Å². The van der Waals surface area contributed by atoms with Crippen molar-refractivity contribution < 1.29 is 4.92 Å². The maximum Gasteiger partial charge on any atom is 0.353 e. The van der Waals surface area contributed by atoms with Crippen LogP contribution >= 0.6 is 0 Å². The normalized spacial score (nSPS) is 26.5. The second-order valence-corrected chi connectivity index (χ2v) is 10.8. The summed E-state index contributed by atoms with van der Waals surface area (Å²) in [5.41, 5.74) is 2.06. The Bertz CT molecular complexity index is 1120. The fourth-order valence-electron chi connectivity index (χ4n) is 7.19. The minimum Gasteiger partial charge on any atom is -0.359 e. The molecule has 4 fully saturated rings. The molecule has 4 aliphatic rings. The number of nitrogens with one attached hydrogen (secondary N) is 1. The molecule has 0 amide bonds. The molecule has 4 saturated carbocycles. The van der Waals surface area contributed by atoms with E-state index in [1.165, 1.54) is 25.6 Å². The van der Waals surface area contributed by atoms with Crippen molar-refractivity contribution in [2.75, 3.05) is 10.2 Å². The lowest BCUT2D eigenvalue weighted by Crippen LogP contribution is -2.55. The summed E-state index contributed by atoms with van der Waals surface area (Å²) in [6, 6.07) is 20.1. The number of nitro groups is 1. The smallest absolute Gasteiger partial charge is 0.353 e. The Labute approximate surface area is 205 Å². The first-order valence-electron chi connectivity index (χ1n) is 12.7. The van der Waals surface area contributed by atoms with Gasteiger partial charge in [0, 0.05) is 18.6 Å². The average Bonchev–Trinajstić information content (AvgIpc) is 2.83. The van der Waals surface area contributed by atoms with Crippen LogP contribution in [-0.4, -0.2) is 20.4 Å². The van der Waals surface area contributed by atoms with Crippen molar-refractivity contribution in [3.8, 4) is 0 Å². The monoisotopic (exact) mass is 469 g/mol. The summed E-state index contributed by atoms with van der Waals surface area (Å²) in [7, 11) is 0. The molecule has 4 bridgehead atoms. The van der Waals surface area contributed by atoms with Crippen molar-refractivity contribution in [1.82, 2.24) is 9.97 Å². The quantitative estimate of drug-likeness (QED) is 0.323. The summed E-state index contributed by atoms with van der Waals surface area (Å²) < 4.78 is 0. The predicted octanol–water partition coefficient (Wildman–Crippen LogP) is 5.97. The van der Waals surface area contributed by atoms with Crippen LogP contribution in [0.4, 0.5) is 17.3 Å². The molecule has 7 nitrogen and oxygen atoms in total. The maximum atomic E-state index is 12.5. The molecule has 1 heterocycles. The van der Waals surface area contributed by atoms with Crippen molar-refractivity contribution in [2.24, 2.45) is 17.8 Å². The molecule has 0 atom stereocenters. The van der Waals surface area contributed by atoms with Gasteiger partial charge in [-0.15, -0.1) is 0 Å². The van der Waals surface area contributed by atoms with E-state index in [2.05, 4.69) is 15.3 Å². The third kappa shape index (κ3) is 4.47. The highest BCUT2D eigenvalue weighted by atomic mass is 16.6. The van der Waals surface area contributed by atoms with Crippen LogP contribution in [0, 0.1) is 27.9 Å². The van der Waals surface area contributed by atoms with E-state index in [0.717, 1.165) is 48.1 Å². The Morgan fingerprint density at radius 3 is 1.86 bits per heavy atom. The molecule has 0 radical (unpaired) electrons. The first kappa shape index (κ1) is 22.0. The Kier molecular flexibility index (Phi) is 5.63. The standard InChI is InChI=1S/C28H31N5O2/c34-33(35)25-26(31-28-14-22-11-23(15-28)13-24(12-22)16-28)29-19-30-27(25)32(17-20-7-3-1-4-8-20)18-21-9-5-2-6-10-21/h1-10,19,22-24H,11-18H2,(H,29,30,31). The van der Waals surface area contributed by atoms with Gasteiger partial charge in [0.05, 0.1) is 4.92 Å². The summed E-state index contributed by atoms with van der Waals surface area (Å²) in [5.74, 6) is 2.95. The zero-order chi connectivity index (χ0) is 23.8. The van der Waals surface area contributed by atoms with E-state index >= 15 is 0 Å². The number of nitrogens with zero attached hydrogens (tertiary/aromatic N) is 4. The van der Waals surface area contributed by atoms with Crippen LogP contribution in [0.25, 0.3) is 0 Å². The van der Waals surface area contributed by atoms with E-state index in [0.29, 0.717) is 24.7 Å². The van der Waals surface area contributed by atoms with Crippen LogP contribution in [-0.2, 0) is 13.1 Å². The topological polar surface area (TPSA) is 84.2 Å². The molecule has 4 aliphatic carbocycles. The van der Waals surface area contributed by atoms with Gasteiger partial charge in [0.2, 0.25) is 11.6 Å². The minimum absolute atomic E-state index is 0.0184. The van der Waals surface area contributed by atoms with E-state index in [-0.39, 0.29) is 16.1 Å². The third-order valence-electron chi connectivity index (χ3n) is 8.14. The van der Waals surface area contributed by atoms with Crippen LogP contribution in [0.1, 0.15) is 49.7 Å². The number of hydrogen-bond acceptors (Lipinski definition) is 6. The van der Waals surface area contributed by atoms with Crippen molar-refractivity contribution >= 4 is 17.3 Å². The van der Waals surface area contributed by atoms with Gasteiger partial charge in [0.1, 0.15) is 6.33 Å². The molecule has 0 saturated heterocycles. The third-order valence-corrected chi connectivity index (χ3v) is 8.14. The molecule has 0 spiro atoms. The second kappa shape index (κ2) is 8.95. The van der Waals surface area contributed by atoms with Crippen LogP contribution in [0.3, 0.4) is 0 Å². The van der Waals surface area contributed by atoms with E-state index in [4.69, 9.17) is 0 Å². The van der Waals surface area contributed by atoms with Gasteiger partial charge in [-0.25, -0.2) is 9.97 Å². The van der Waals surface area contributed by atoms with Crippen LogP contribution in [0.2, 0.25) is 0 Å². The van der Waals surface area contributed by atoms with Crippen molar-refractivity contribution in [2.45, 2.75) is 57.2 Å². The average molecular weight is 470 g/mol. The molecule has 2 aromatic carbocycles. The summed E-state index contributed by atoms with van der Waals surface area (Å²) >= 11 is 0. The molecule has 1 N–H and O–H groups in total. The molecule has 3 aromatic rings. The highest BCUT2D eigenvalue weighted by Crippen LogP contribution is 2.57. The molecule has 1 aromatic heterocycles. The number of anilines is 2.